The predicted octanol–water partition coefficient (Wildman–Crippen LogP) is 2.51. The predicted molar refractivity (Wildman–Crippen MR) is 108 cm³/mol. The first-order chi connectivity index (χ1) is 13.8. The number of benzene rings is 1. The molecule has 1 atom stereocenters. The molecule has 3 heterocycles. The fourth-order valence-electron chi connectivity index (χ4n) is 3.71. The molecule has 0 radical (unpaired) electrons. The Hall–Kier alpha value is -2.20. The molecule has 0 aliphatic carbocycles. The molecule has 2 aliphatic heterocycles. The molecule has 148 valence electrons. The number of morpholine rings is 1. The van der Waals surface area contributed by atoms with Gasteiger partial charge in [0.25, 0.3) is 0 Å². The van der Waals surface area contributed by atoms with E-state index in [-0.39, 0.29) is 6.10 Å². The Bertz CT molecular complexity index is 840. The van der Waals surface area contributed by atoms with E-state index in [1.165, 1.54) is 18.4 Å². The van der Waals surface area contributed by atoms with E-state index < -0.39 is 0 Å². The molecule has 0 N–H and O–H groups in total. The van der Waals surface area contributed by atoms with Crippen molar-refractivity contribution >= 4 is 0 Å². The van der Waals surface area contributed by atoms with Crippen LogP contribution in [0.3, 0.4) is 0 Å². The summed E-state index contributed by atoms with van der Waals surface area (Å²) in [5.74, 6) is 6.56. The zero-order valence-electron chi connectivity index (χ0n) is 16.6. The molecule has 2 aromatic rings. The van der Waals surface area contributed by atoms with E-state index in [1.54, 1.807) is 0 Å². The summed E-state index contributed by atoms with van der Waals surface area (Å²) in [6.07, 6.45) is 5.78. The third-order valence-electron chi connectivity index (χ3n) is 5.34. The molecule has 0 bridgehead atoms. The summed E-state index contributed by atoms with van der Waals surface area (Å²) in [5.41, 5.74) is 4.22. The first kappa shape index (κ1) is 19.1. The Morgan fingerprint density at radius 2 is 2.07 bits per heavy atom. The number of ether oxygens (including phenoxy) is 2. The highest BCUT2D eigenvalue weighted by Gasteiger charge is 2.16. The third-order valence-corrected chi connectivity index (χ3v) is 5.34. The minimum atomic E-state index is 0.258. The number of rotatable bonds is 4. The van der Waals surface area contributed by atoms with Gasteiger partial charge in [0.1, 0.15) is 5.69 Å². The Kier molecular flexibility index (Phi) is 6.38. The molecule has 0 unspecified atom stereocenters. The summed E-state index contributed by atoms with van der Waals surface area (Å²) in [5, 5.41) is 8.66. The third kappa shape index (κ3) is 4.99. The Morgan fingerprint density at radius 3 is 2.86 bits per heavy atom. The summed E-state index contributed by atoms with van der Waals surface area (Å²) in [6.45, 7) is 8.08. The second-order valence-corrected chi connectivity index (χ2v) is 7.53. The topological polar surface area (TPSA) is 52.4 Å². The molecule has 0 amide bonds. The van der Waals surface area contributed by atoms with Crippen molar-refractivity contribution in [1.29, 1.82) is 0 Å². The quantitative estimate of drug-likeness (QED) is 0.763. The molecule has 28 heavy (non-hydrogen) atoms. The van der Waals surface area contributed by atoms with Crippen molar-refractivity contribution in [2.75, 3.05) is 39.5 Å². The first-order valence-electron chi connectivity index (χ1n) is 10.2. The molecule has 0 spiro atoms. The van der Waals surface area contributed by atoms with Crippen LogP contribution in [-0.4, -0.2) is 65.5 Å². The molecule has 6 nitrogen and oxygen atoms in total. The van der Waals surface area contributed by atoms with Crippen LogP contribution in [0.1, 0.15) is 30.4 Å². The lowest BCUT2D eigenvalue weighted by Crippen LogP contribution is -2.36. The van der Waals surface area contributed by atoms with Gasteiger partial charge in [0, 0.05) is 30.8 Å². The van der Waals surface area contributed by atoms with E-state index in [4.69, 9.17) is 9.47 Å². The van der Waals surface area contributed by atoms with E-state index >= 15 is 0 Å². The van der Waals surface area contributed by atoms with Crippen molar-refractivity contribution in [1.82, 2.24) is 19.9 Å². The molecule has 4 rings (SSSR count). The van der Waals surface area contributed by atoms with Crippen molar-refractivity contribution in [3.8, 4) is 23.1 Å². The number of hydrogen-bond acceptors (Lipinski definition) is 5. The van der Waals surface area contributed by atoms with Gasteiger partial charge >= 0.3 is 0 Å². The van der Waals surface area contributed by atoms with Gasteiger partial charge in [-0.15, -0.1) is 5.10 Å². The van der Waals surface area contributed by atoms with Crippen LogP contribution in [-0.2, 0) is 16.0 Å². The maximum Gasteiger partial charge on any atom is 0.113 e. The number of aromatic nitrogens is 3. The largest absolute Gasteiger partial charge is 0.379 e. The van der Waals surface area contributed by atoms with Crippen LogP contribution < -0.4 is 0 Å². The molecule has 2 fully saturated rings. The Morgan fingerprint density at radius 1 is 1.18 bits per heavy atom. The summed E-state index contributed by atoms with van der Waals surface area (Å²) >= 11 is 0. The lowest BCUT2D eigenvalue weighted by Gasteiger charge is -2.24. The maximum atomic E-state index is 5.80. The standard InChI is InChI=1S/C22H28N4O2/c1-18-15-19(5-4-9-25-10-13-27-14-11-25)7-8-21(18)22-17-26(24-23-22)16-20-6-2-3-12-28-20/h7-8,15,17,20H,2-3,6,9-14,16H2,1H3/t20-/m1/s1. The monoisotopic (exact) mass is 380 g/mol. The molecular formula is C22H28N4O2. The lowest BCUT2D eigenvalue weighted by molar-refractivity contribution is 0.00370. The average molecular weight is 380 g/mol. The van der Waals surface area contributed by atoms with Gasteiger partial charge in [-0.1, -0.05) is 23.1 Å². The van der Waals surface area contributed by atoms with Gasteiger partial charge in [-0.25, -0.2) is 4.68 Å². The van der Waals surface area contributed by atoms with Crippen LogP contribution in [0.25, 0.3) is 11.3 Å². The zero-order chi connectivity index (χ0) is 19.2. The molecule has 2 saturated heterocycles. The van der Waals surface area contributed by atoms with Crippen LogP contribution in [0.4, 0.5) is 0 Å². The van der Waals surface area contributed by atoms with Gasteiger partial charge in [0.15, 0.2) is 0 Å². The summed E-state index contributed by atoms with van der Waals surface area (Å²) < 4.78 is 13.1. The van der Waals surface area contributed by atoms with Gasteiger partial charge in [0.2, 0.25) is 0 Å². The van der Waals surface area contributed by atoms with Crippen molar-refractivity contribution < 1.29 is 9.47 Å². The summed E-state index contributed by atoms with van der Waals surface area (Å²) in [4.78, 5) is 2.33. The smallest absolute Gasteiger partial charge is 0.113 e. The van der Waals surface area contributed by atoms with Crippen LogP contribution >= 0.6 is 0 Å². The van der Waals surface area contributed by atoms with Crippen LogP contribution in [0, 0.1) is 18.8 Å². The van der Waals surface area contributed by atoms with Gasteiger partial charge in [-0.3, -0.25) is 4.90 Å². The van der Waals surface area contributed by atoms with Crippen molar-refractivity contribution in [3.05, 3.63) is 35.5 Å². The molecule has 2 aliphatic rings. The van der Waals surface area contributed by atoms with Crippen LogP contribution in [0.5, 0.6) is 0 Å². The fraction of sp³-hybridized carbons (Fsp3) is 0.545. The lowest BCUT2D eigenvalue weighted by atomic mass is 10.0. The minimum absolute atomic E-state index is 0.258. The van der Waals surface area contributed by atoms with Gasteiger partial charge in [-0.05, 0) is 43.9 Å². The van der Waals surface area contributed by atoms with Crippen molar-refractivity contribution in [2.45, 2.75) is 38.8 Å². The molecular weight excluding hydrogens is 352 g/mol. The molecule has 1 aromatic heterocycles. The fourth-order valence-corrected chi connectivity index (χ4v) is 3.71. The second-order valence-electron chi connectivity index (χ2n) is 7.53. The maximum absolute atomic E-state index is 5.80. The van der Waals surface area contributed by atoms with Crippen molar-refractivity contribution in [2.24, 2.45) is 0 Å². The molecule has 1 aromatic carbocycles. The van der Waals surface area contributed by atoms with Crippen LogP contribution in [0.15, 0.2) is 24.4 Å². The van der Waals surface area contributed by atoms with Crippen LogP contribution in [0.2, 0.25) is 0 Å². The molecule has 0 saturated carbocycles. The van der Waals surface area contributed by atoms with Gasteiger partial charge in [-0.2, -0.15) is 0 Å². The highest BCUT2D eigenvalue weighted by molar-refractivity contribution is 5.64. The zero-order valence-corrected chi connectivity index (χ0v) is 16.6. The van der Waals surface area contributed by atoms with Gasteiger partial charge in [0.05, 0.1) is 38.6 Å². The highest BCUT2D eigenvalue weighted by atomic mass is 16.5. The second kappa shape index (κ2) is 9.33. The number of nitrogens with zero attached hydrogens (tertiary/aromatic N) is 4. The average Bonchev–Trinajstić information content (AvgIpc) is 3.18. The van der Waals surface area contributed by atoms with E-state index in [9.17, 15) is 0 Å². The van der Waals surface area contributed by atoms with E-state index in [0.717, 1.165) is 69.2 Å². The summed E-state index contributed by atoms with van der Waals surface area (Å²) in [6, 6.07) is 6.29. The normalized spacial score (nSPS) is 20.5. The van der Waals surface area contributed by atoms with E-state index in [2.05, 4.69) is 52.2 Å². The first-order valence-corrected chi connectivity index (χ1v) is 10.2. The van der Waals surface area contributed by atoms with E-state index in [1.807, 2.05) is 10.9 Å². The Labute approximate surface area is 166 Å². The highest BCUT2D eigenvalue weighted by Crippen LogP contribution is 2.22. The Balaban J connectivity index is 1.39. The van der Waals surface area contributed by atoms with Gasteiger partial charge < -0.3 is 9.47 Å². The SMILES string of the molecule is Cc1cc(C#CCN2CCOCC2)ccc1-c1cn(C[C@H]2CCCCO2)nn1. The van der Waals surface area contributed by atoms with Crippen molar-refractivity contribution in [3.63, 3.8) is 0 Å². The van der Waals surface area contributed by atoms with E-state index in [0.29, 0.717) is 0 Å². The molecule has 6 heteroatoms. The number of aryl methyl sites for hydroxylation is 1. The minimum Gasteiger partial charge on any atom is -0.379 e. The number of hydrogen-bond donors (Lipinski definition) is 0. The summed E-state index contributed by atoms with van der Waals surface area (Å²) in [7, 11) is 0.